The molecular weight excluding hydrogens is 546 g/mol. The van der Waals surface area contributed by atoms with Crippen LogP contribution in [0.2, 0.25) is 0 Å². The second-order valence-corrected chi connectivity index (χ2v) is 14.2. The number of allylic oxidation sites excluding steroid dienone is 1. The average molecular weight is 610 g/mol. The van der Waals surface area contributed by atoms with Crippen molar-refractivity contribution < 1.29 is 30.3 Å². The van der Waals surface area contributed by atoms with E-state index in [1.54, 1.807) is 7.05 Å². The van der Waals surface area contributed by atoms with Crippen LogP contribution in [0.5, 0.6) is 0 Å². The van der Waals surface area contributed by atoms with Crippen molar-refractivity contribution in [3.05, 3.63) is 12.2 Å². The van der Waals surface area contributed by atoms with Crippen molar-refractivity contribution in [2.45, 2.75) is 140 Å². The van der Waals surface area contributed by atoms with Crippen LogP contribution in [0.3, 0.4) is 0 Å². The van der Waals surface area contributed by atoms with E-state index in [1.165, 1.54) is 19.3 Å². The maximum Gasteiger partial charge on any atom is 0.309 e. The van der Waals surface area contributed by atoms with Gasteiger partial charge in [-0.2, -0.15) is 0 Å². The smallest absolute Gasteiger partial charge is 0.309 e. The minimum atomic E-state index is -1.36. The Morgan fingerprint density at radius 3 is 2.51 bits per heavy atom. The van der Waals surface area contributed by atoms with Gasteiger partial charge in [0.15, 0.2) is 0 Å². The highest BCUT2D eigenvalue weighted by Gasteiger charge is 2.51. The number of hydrogen-bond donors (Lipinski definition) is 8. The minimum Gasteiger partial charge on any atom is -0.481 e. The lowest BCUT2D eigenvalue weighted by atomic mass is 9.77. The molecule has 9 N–H and O–H groups in total. The fraction of sp³-hybridized carbons (Fsp3) is 0.912. The summed E-state index contributed by atoms with van der Waals surface area (Å²) in [6.45, 7) is 3.48. The molecule has 0 amide bonds. The molecule has 0 spiro atoms. The molecule has 1 saturated heterocycles. The van der Waals surface area contributed by atoms with E-state index >= 15 is 0 Å². The van der Waals surface area contributed by atoms with E-state index in [9.17, 15) is 30.3 Å². The Morgan fingerprint density at radius 1 is 1.07 bits per heavy atom. The maximum atomic E-state index is 12.2. The lowest BCUT2D eigenvalue weighted by Gasteiger charge is -2.38. The van der Waals surface area contributed by atoms with Crippen LogP contribution in [0, 0.1) is 35.5 Å². The van der Waals surface area contributed by atoms with Crippen LogP contribution in [0.25, 0.3) is 0 Å². The summed E-state index contributed by atoms with van der Waals surface area (Å²) >= 11 is 0. The molecule has 0 aromatic carbocycles. The number of aliphatic hydroxyl groups is 4. The Hall–Kier alpha value is -1.07. The third-order valence-corrected chi connectivity index (χ3v) is 10.8. The fourth-order valence-electron chi connectivity index (χ4n) is 8.26. The lowest BCUT2D eigenvalue weighted by Crippen LogP contribution is -2.50. The first-order valence-corrected chi connectivity index (χ1v) is 17.4. The van der Waals surface area contributed by atoms with Crippen LogP contribution < -0.4 is 16.4 Å². The number of unbranched alkanes of at least 4 members (excludes halogenated alkanes) is 4. The molecule has 2 unspecified atom stereocenters. The molecule has 0 aromatic rings. The number of nitrogens with one attached hydrogen (secondary N) is 2. The van der Waals surface area contributed by atoms with Crippen molar-refractivity contribution in [2.24, 2.45) is 41.2 Å². The fourth-order valence-corrected chi connectivity index (χ4v) is 8.26. The van der Waals surface area contributed by atoms with Gasteiger partial charge in [0.2, 0.25) is 0 Å². The van der Waals surface area contributed by atoms with E-state index in [1.807, 2.05) is 0 Å². The van der Waals surface area contributed by atoms with Gasteiger partial charge >= 0.3 is 5.97 Å². The lowest BCUT2D eigenvalue weighted by molar-refractivity contribution is -0.148. The molecule has 1 saturated carbocycles. The first-order chi connectivity index (χ1) is 20.6. The highest BCUT2D eigenvalue weighted by Crippen LogP contribution is 2.45. The largest absolute Gasteiger partial charge is 0.481 e. The topological polar surface area (TPSA) is 168 Å². The Kier molecular flexibility index (Phi) is 15.4. The summed E-state index contributed by atoms with van der Waals surface area (Å²) in [7, 11) is 1.78. The van der Waals surface area contributed by atoms with Crippen molar-refractivity contribution in [3.8, 4) is 0 Å². The van der Waals surface area contributed by atoms with Gasteiger partial charge in [-0.3, -0.25) is 4.79 Å². The van der Waals surface area contributed by atoms with Gasteiger partial charge < -0.3 is 41.9 Å². The van der Waals surface area contributed by atoms with Crippen LogP contribution in [-0.4, -0.2) is 81.7 Å². The number of aliphatic hydroxyl groups excluding tert-OH is 3. The quantitative estimate of drug-likeness (QED) is 0.0807. The number of carboxylic acids is 1. The molecule has 0 aromatic heterocycles. The van der Waals surface area contributed by atoms with Crippen LogP contribution in [0.4, 0.5) is 0 Å². The maximum absolute atomic E-state index is 12.2. The number of carbonyl (C=O) groups is 1. The zero-order chi connectivity index (χ0) is 31.4. The minimum absolute atomic E-state index is 0.00680. The summed E-state index contributed by atoms with van der Waals surface area (Å²) in [6, 6.07) is 0. The van der Waals surface area contributed by atoms with Gasteiger partial charge in [0, 0.05) is 18.4 Å². The number of hydrogen-bond acceptors (Lipinski definition) is 8. The molecule has 2 aliphatic carbocycles. The monoisotopic (exact) mass is 609 g/mol. The Bertz CT molecular complexity index is 845. The number of rotatable bonds is 19. The summed E-state index contributed by atoms with van der Waals surface area (Å²) in [4.78, 5) is 12.2. The highest BCUT2D eigenvalue weighted by molar-refractivity contribution is 5.70. The van der Waals surface area contributed by atoms with Crippen LogP contribution in [0.1, 0.15) is 110 Å². The molecule has 43 heavy (non-hydrogen) atoms. The van der Waals surface area contributed by atoms with Crippen molar-refractivity contribution in [1.82, 2.24) is 10.6 Å². The van der Waals surface area contributed by atoms with E-state index in [2.05, 4.69) is 29.7 Å². The van der Waals surface area contributed by atoms with Crippen LogP contribution >= 0.6 is 0 Å². The van der Waals surface area contributed by atoms with Gasteiger partial charge in [0.1, 0.15) is 0 Å². The Morgan fingerprint density at radius 2 is 1.84 bits per heavy atom. The molecule has 0 radical (unpaired) electrons. The molecule has 0 bridgehead atoms. The third kappa shape index (κ3) is 11.0. The van der Waals surface area contributed by atoms with E-state index in [0.29, 0.717) is 44.1 Å². The first kappa shape index (κ1) is 36.4. The molecule has 11 atom stereocenters. The number of carboxylic acid groups (broad SMARTS) is 1. The SMILES string of the molecule is CCCCC[C@H]1C=C[C@@H](CCCCC[C@H](C(=O)O)[C@H](O)C[C@@H](CNC)[C@@]2(O)C[C@H](CC3CCNC(N)C3)C[C@H]2O)[C@H](O)C1. The average Bonchev–Trinajstić information content (AvgIpc) is 3.24. The predicted molar refractivity (Wildman–Crippen MR) is 170 cm³/mol. The van der Waals surface area contributed by atoms with Crippen molar-refractivity contribution in [3.63, 3.8) is 0 Å². The molecule has 1 heterocycles. The zero-order valence-corrected chi connectivity index (χ0v) is 26.9. The summed E-state index contributed by atoms with van der Waals surface area (Å²) in [5.41, 5.74) is 4.72. The normalized spacial score (nSPS) is 35.1. The van der Waals surface area contributed by atoms with Crippen molar-refractivity contribution >= 4 is 5.97 Å². The number of nitrogens with two attached hydrogens (primary N) is 1. The zero-order valence-electron chi connectivity index (χ0n) is 26.9. The van der Waals surface area contributed by atoms with Gasteiger partial charge in [0.05, 0.1) is 36.0 Å². The first-order valence-electron chi connectivity index (χ1n) is 17.4. The number of aliphatic carboxylic acids is 1. The summed E-state index contributed by atoms with van der Waals surface area (Å²) in [5, 5.41) is 60.8. The van der Waals surface area contributed by atoms with Crippen molar-refractivity contribution in [1.29, 1.82) is 0 Å². The van der Waals surface area contributed by atoms with E-state index in [-0.39, 0.29) is 30.5 Å². The summed E-state index contributed by atoms with van der Waals surface area (Å²) in [5.74, 6) is -1.12. The van der Waals surface area contributed by atoms with Crippen LogP contribution in [0.15, 0.2) is 12.2 Å². The van der Waals surface area contributed by atoms with Gasteiger partial charge in [-0.15, -0.1) is 0 Å². The predicted octanol–water partition coefficient (Wildman–Crippen LogP) is 3.53. The summed E-state index contributed by atoms with van der Waals surface area (Å²) in [6.07, 6.45) is 15.4. The second-order valence-electron chi connectivity index (χ2n) is 14.2. The molecule has 3 rings (SSSR count). The molecular formula is C34H63N3O6. The summed E-state index contributed by atoms with van der Waals surface area (Å²) < 4.78 is 0. The molecule has 9 heteroatoms. The van der Waals surface area contributed by atoms with E-state index in [4.69, 9.17) is 5.73 Å². The Labute approximate surface area is 260 Å². The van der Waals surface area contributed by atoms with Gasteiger partial charge in [-0.25, -0.2) is 0 Å². The van der Waals surface area contributed by atoms with Crippen molar-refractivity contribution in [2.75, 3.05) is 20.1 Å². The number of piperidine rings is 1. The molecule has 1 aliphatic heterocycles. The highest BCUT2D eigenvalue weighted by atomic mass is 16.4. The molecule has 3 aliphatic rings. The standard InChI is InChI=1S/C34H63N3O6/c1-3-4-6-9-23-12-13-26(29(38)17-23)10-7-5-8-11-28(33(41)42)30(39)20-27(22-36-2)34(43)21-25(18-31(34)40)16-24-14-15-37-32(35)19-24/h12-13,23-32,36-40,43H,3-11,14-22,35H2,1-2H3,(H,41,42)/t23-,24?,25+,26+,27-,28-,29+,30+,31+,32?,34-/m0/s1. The second kappa shape index (κ2) is 18.2. The van der Waals surface area contributed by atoms with E-state index < -0.39 is 35.6 Å². The van der Waals surface area contributed by atoms with Gasteiger partial charge in [0.25, 0.3) is 0 Å². The van der Waals surface area contributed by atoms with Gasteiger partial charge in [-0.05, 0) is 95.6 Å². The molecule has 9 nitrogen and oxygen atoms in total. The van der Waals surface area contributed by atoms with E-state index in [0.717, 1.165) is 57.9 Å². The molecule has 2 fully saturated rings. The third-order valence-electron chi connectivity index (χ3n) is 10.8. The Balaban J connectivity index is 1.46. The molecule has 250 valence electrons. The van der Waals surface area contributed by atoms with Gasteiger partial charge in [-0.1, -0.05) is 57.6 Å². The van der Waals surface area contributed by atoms with Crippen LogP contribution in [-0.2, 0) is 4.79 Å².